The molecular weight excluding hydrogens is 523 g/mol. The molecule has 38 heavy (non-hydrogen) atoms. The van der Waals surface area contributed by atoms with Crippen LogP contribution in [0.1, 0.15) is 38.7 Å². The van der Waals surface area contributed by atoms with Crippen molar-refractivity contribution in [1.82, 2.24) is 24.6 Å². The van der Waals surface area contributed by atoms with Crippen LogP contribution < -0.4 is 10.1 Å². The molecule has 0 spiro atoms. The molecule has 12 heteroatoms. The molecule has 1 aliphatic rings. The first-order valence-corrected chi connectivity index (χ1v) is 12.1. The van der Waals surface area contributed by atoms with Crippen molar-refractivity contribution in [2.75, 3.05) is 13.1 Å². The van der Waals surface area contributed by atoms with E-state index in [1.165, 1.54) is 24.4 Å². The molecule has 2 amide bonds. The molecule has 1 fully saturated rings. The van der Waals surface area contributed by atoms with Gasteiger partial charge in [0.1, 0.15) is 11.4 Å². The average molecular weight is 544 g/mol. The Labute approximate surface area is 220 Å². The van der Waals surface area contributed by atoms with E-state index >= 15 is 0 Å². The van der Waals surface area contributed by atoms with E-state index in [0.29, 0.717) is 23.8 Å². The van der Waals surface area contributed by atoms with Gasteiger partial charge in [-0.25, -0.2) is 9.97 Å². The number of hydrogen-bond donors (Lipinski definition) is 1. The Balaban J connectivity index is 1.38. The molecule has 3 heterocycles. The van der Waals surface area contributed by atoms with E-state index in [1.54, 1.807) is 21.7 Å². The number of hydrogen-bond acceptors (Lipinski definition) is 5. The number of alkyl halides is 3. The third kappa shape index (κ3) is 5.57. The number of benzene rings is 2. The highest BCUT2D eigenvalue weighted by atomic mass is 35.5. The van der Waals surface area contributed by atoms with Crippen molar-refractivity contribution in [3.8, 4) is 5.75 Å². The van der Waals surface area contributed by atoms with Gasteiger partial charge in [-0.1, -0.05) is 54.1 Å². The second-order valence-corrected chi connectivity index (χ2v) is 9.22. The smallest absolute Gasteiger partial charge is 0.405 e. The number of halogens is 4. The quantitative estimate of drug-likeness (QED) is 0.394. The molecule has 2 atom stereocenters. The number of carbonyl (C=O) groups excluding carboxylic acids is 2. The maximum atomic E-state index is 13.3. The molecule has 1 N–H and O–H groups in total. The molecule has 8 nitrogen and oxygen atoms in total. The Hall–Kier alpha value is -4.12. The van der Waals surface area contributed by atoms with Crippen molar-refractivity contribution < 1.29 is 27.5 Å². The zero-order valence-corrected chi connectivity index (χ0v) is 20.5. The second kappa shape index (κ2) is 10.3. The van der Waals surface area contributed by atoms with Gasteiger partial charge in [-0.15, -0.1) is 13.2 Å². The second-order valence-electron chi connectivity index (χ2n) is 8.79. The highest BCUT2D eigenvalue weighted by molar-refractivity contribution is 6.30. The van der Waals surface area contributed by atoms with E-state index in [9.17, 15) is 22.8 Å². The summed E-state index contributed by atoms with van der Waals surface area (Å²) in [4.78, 5) is 36.5. The number of fused-ring (bicyclic) bond motifs is 1. The number of ether oxygens (including phenoxy) is 1. The fourth-order valence-electron chi connectivity index (χ4n) is 4.59. The largest absolute Gasteiger partial charge is 0.573 e. The van der Waals surface area contributed by atoms with E-state index in [0.717, 1.165) is 11.6 Å². The van der Waals surface area contributed by atoms with E-state index in [4.69, 9.17) is 11.6 Å². The third-order valence-corrected chi connectivity index (χ3v) is 6.49. The maximum Gasteiger partial charge on any atom is 0.573 e. The number of para-hydroxylation sites is 1. The van der Waals surface area contributed by atoms with Crippen LogP contribution in [-0.2, 0) is 0 Å². The topological polar surface area (TPSA) is 88.8 Å². The van der Waals surface area contributed by atoms with Crippen LogP contribution in [0.3, 0.4) is 0 Å². The minimum Gasteiger partial charge on any atom is -0.405 e. The SMILES string of the molecule is O=C(N[C@@H]1CCN(C(=O)c2cn3cc(Cl)cnc3n2)C[C@@H]1c1ccccc1)c1ccccc1OC(F)(F)F. The lowest BCUT2D eigenvalue weighted by molar-refractivity contribution is -0.274. The van der Waals surface area contributed by atoms with Gasteiger partial charge in [-0.05, 0) is 24.1 Å². The predicted octanol–water partition coefficient (Wildman–Crippen LogP) is 4.71. The fourth-order valence-corrected chi connectivity index (χ4v) is 4.74. The standard InChI is InChI=1S/C26H21ClF3N5O3/c27-17-12-31-25-33-21(15-35(25)13-17)24(37)34-11-10-20(19(14-34)16-6-2-1-3-7-16)32-23(36)18-8-4-5-9-22(18)38-26(28,29)30/h1-9,12-13,15,19-20H,10-11,14H2,(H,32,36)/t19-,20-/m1/s1. The van der Waals surface area contributed by atoms with Crippen LogP contribution in [0.4, 0.5) is 13.2 Å². The molecule has 4 aromatic rings. The van der Waals surface area contributed by atoms with E-state index in [1.807, 2.05) is 30.3 Å². The van der Waals surface area contributed by atoms with Crippen molar-refractivity contribution in [1.29, 1.82) is 0 Å². The van der Waals surface area contributed by atoms with Crippen LogP contribution in [-0.4, -0.2) is 56.6 Å². The van der Waals surface area contributed by atoms with Gasteiger partial charge in [0.2, 0.25) is 5.78 Å². The summed E-state index contributed by atoms with van der Waals surface area (Å²) in [5, 5.41) is 3.27. The van der Waals surface area contributed by atoms with Crippen LogP contribution >= 0.6 is 11.6 Å². The molecule has 2 aromatic carbocycles. The summed E-state index contributed by atoms with van der Waals surface area (Å²) >= 11 is 5.98. The Morgan fingerprint density at radius 3 is 2.55 bits per heavy atom. The van der Waals surface area contributed by atoms with E-state index in [-0.39, 0.29) is 29.6 Å². The van der Waals surface area contributed by atoms with E-state index < -0.39 is 24.1 Å². The molecule has 1 saturated heterocycles. The van der Waals surface area contributed by atoms with Gasteiger partial charge >= 0.3 is 6.36 Å². The lowest BCUT2D eigenvalue weighted by Crippen LogP contribution is -2.51. The van der Waals surface area contributed by atoms with Gasteiger partial charge in [0.15, 0.2) is 0 Å². The zero-order valence-electron chi connectivity index (χ0n) is 19.7. The van der Waals surface area contributed by atoms with Crippen LogP contribution in [0.2, 0.25) is 5.02 Å². The normalized spacial score (nSPS) is 17.8. The van der Waals surface area contributed by atoms with Crippen molar-refractivity contribution in [3.63, 3.8) is 0 Å². The van der Waals surface area contributed by atoms with Crippen molar-refractivity contribution >= 4 is 29.2 Å². The Morgan fingerprint density at radius 1 is 1.05 bits per heavy atom. The summed E-state index contributed by atoms with van der Waals surface area (Å²) in [6, 6.07) is 14.0. The van der Waals surface area contributed by atoms with Crippen LogP contribution in [0.15, 0.2) is 73.2 Å². The highest BCUT2D eigenvalue weighted by Gasteiger charge is 2.36. The molecule has 2 aromatic heterocycles. The summed E-state index contributed by atoms with van der Waals surface area (Å²) in [5.74, 6) is -1.57. The number of nitrogens with one attached hydrogen (secondary N) is 1. The number of aromatic nitrogens is 3. The number of piperidine rings is 1. The average Bonchev–Trinajstić information content (AvgIpc) is 3.31. The fraction of sp³-hybridized carbons (Fsp3) is 0.231. The van der Waals surface area contributed by atoms with Gasteiger partial charge in [0.05, 0.1) is 16.8 Å². The molecule has 5 rings (SSSR count). The molecule has 0 bridgehead atoms. The lowest BCUT2D eigenvalue weighted by Gasteiger charge is -2.39. The molecule has 0 aliphatic carbocycles. The van der Waals surface area contributed by atoms with Gasteiger partial charge in [0.25, 0.3) is 11.8 Å². The number of imidazole rings is 1. The van der Waals surface area contributed by atoms with Gasteiger partial charge < -0.3 is 15.0 Å². The third-order valence-electron chi connectivity index (χ3n) is 6.30. The first-order chi connectivity index (χ1) is 18.2. The molecular formula is C26H21ClF3N5O3. The van der Waals surface area contributed by atoms with Crippen LogP contribution in [0, 0.1) is 0 Å². The molecule has 0 saturated carbocycles. The first kappa shape index (κ1) is 25.5. The predicted molar refractivity (Wildman–Crippen MR) is 132 cm³/mol. The molecule has 0 unspecified atom stereocenters. The molecule has 1 aliphatic heterocycles. The van der Waals surface area contributed by atoms with Crippen molar-refractivity contribution in [2.24, 2.45) is 0 Å². The van der Waals surface area contributed by atoms with E-state index in [2.05, 4.69) is 20.0 Å². The molecule has 196 valence electrons. The van der Waals surface area contributed by atoms with Crippen molar-refractivity contribution in [2.45, 2.75) is 24.7 Å². The zero-order chi connectivity index (χ0) is 26.9. The summed E-state index contributed by atoms with van der Waals surface area (Å²) in [5.41, 5.74) is 0.844. The van der Waals surface area contributed by atoms with Gasteiger partial charge in [0, 0.05) is 37.4 Å². The Kier molecular flexibility index (Phi) is 6.94. The van der Waals surface area contributed by atoms with Crippen LogP contribution in [0.5, 0.6) is 5.75 Å². The lowest BCUT2D eigenvalue weighted by atomic mass is 9.85. The molecule has 0 radical (unpaired) electrons. The summed E-state index contributed by atoms with van der Waals surface area (Å²) in [6.45, 7) is 0.562. The monoisotopic (exact) mass is 543 g/mol. The summed E-state index contributed by atoms with van der Waals surface area (Å²) < 4.78 is 44.2. The Morgan fingerprint density at radius 2 is 1.79 bits per heavy atom. The Bertz CT molecular complexity index is 1480. The first-order valence-electron chi connectivity index (χ1n) is 11.7. The number of carbonyl (C=O) groups is 2. The number of nitrogens with zero attached hydrogens (tertiary/aromatic N) is 4. The summed E-state index contributed by atoms with van der Waals surface area (Å²) in [7, 11) is 0. The van der Waals surface area contributed by atoms with Crippen molar-refractivity contribution in [3.05, 3.63) is 95.0 Å². The maximum absolute atomic E-state index is 13.3. The highest BCUT2D eigenvalue weighted by Crippen LogP contribution is 2.30. The number of amides is 2. The van der Waals surface area contributed by atoms with Gasteiger partial charge in [-0.2, -0.15) is 0 Å². The van der Waals surface area contributed by atoms with Crippen LogP contribution in [0.25, 0.3) is 5.78 Å². The van der Waals surface area contributed by atoms with Gasteiger partial charge in [-0.3, -0.25) is 14.0 Å². The summed E-state index contributed by atoms with van der Waals surface area (Å²) in [6.07, 6.45) is 0.0297. The minimum atomic E-state index is -4.94. The minimum absolute atomic E-state index is 0.201. The number of rotatable bonds is 5. The number of likely N-dealkylation sites (tertiary alicyclic amines) is 1.